The molecule has 1 saturated heterocycles. The van der Waals surface area contributed by atoms with Crippen LogP contribution in [0.5, 0.6) is 0 Å². The summed E-state index contributed by atoms with van der Waals surface area (Å²) < 4.78 is 4.71. The standard InChI is InChI=1S/C19H24ClN9O3/c1-32-18(31)12-8-10(2-5-24-12)9-29-6-3-11(4-7-29)25-19(23)28-17(30)13-15(21)27-16(22)14(20)26-13/h2,5,8,11H,3-4,6-7,9H2,1H3,(H4,21,22,27)(H3,23,25,28,30). The average Bonchev–Trinajstić information content (AvgIpc) is 2.77. The van der Waals surface area contributed by atoms with Crippen molar-refractivity contribution in [1.29, 1.82) is 0 Å². The molecular formula is C19H24ClN9O3. The molecule has 3 heterocycles. The Kier molecular flexibility index (Phi) is 7.38. The van der Waals surface area contributed by atoms with Crippen molar-refractivity contribution >= 4 is 41.1 Å². The number of methoxy groups -OCH3 is 1. The Morgan fingerprint density at radius 1 is 1.28 bits per heavy atom. The summed E-state index contributed by atoms with van der Waals surface area (Å²) in [5, 5.41) is 2.32. The molecule has 1 fully saturated rings. The number of nitrogens with zero attached hydrogens (tertiary/aromatic N) is 5. The number of amides is 1. The molecule has 0 aromatic carbocycles. The highest BCUT2D eigenvalue weighted by Gasteiger charge is 2.21. The van der Waals surface area contributed by atoms with Crippen LogP contribution in [0, 0.1) is 0 Å². The molecule has 1 aliphatic heterocycles. The third kappa shape index (κ3) is 5.80. The van der Waals surface area contributed by atoms with Crippen LogP contribution in [0.2, 0.25) is 5.15 Å². The number of anilines is 2. The summed E-state index contributed by atoms with van der Waals surface area (Å²) in [6.07, 6.45) is 3.09. The van der Waals surface area contributed by atoms with E-state index in [1.165, 1.54) is 7.11 Å². The number of piperidine rings is 1. The van der Waals surface area contributed by atoms with Gasteiger partial charge in [0.25, 0.3) is 5.91 Å². The molecule has 0 saturated carbocycles. The fourth-order valence-corrected chi connectivity index (χ4v) is 3.39. The first-order chi connectivity index (χ1) is 15.3. The van der Waals surface area contributed by atoms with E-state index in [1.54, 1.807) is 12.3 Å². The van der Waals surface area contributed by atoms with Crippen molar-refractivity contribution in [3.8, 4) is 0 Å². The number of halogens is 1. The molecule has 0 atom stereocenters. The molecule has 170 valence electrons. The summed E-state index contributed by atoms with van der Waals surface area (Å²) in [7, 11) is 1.32. The number of carbonyl (C=O) groups excluding carboxylic acids is 2. The second kappa shape index (κ2) is 10.2. The molecule has 1 aliphatic rings. The summed E-state index contributed by atoms with van der Waals surface area (Å²) in [4.78, 5) is 42.2. The van der Waals surface area contributed by atoms with Gasteiger partial charge in [0.2, 0.25) is 0 Å². The highest BCUT2D eigenvalue weighted by molar-refractivity contribution is 6.31. The van der Waals surface area contributed by atoms with E-state index < -0.39 is 11.9 Å². The van der Waals surface area contributed by atoms with Crippen LogP contribution in [0.1, 0.15) is 39.4 Å². The number of esters is 1. The Labute approximate surface area is 189 Å². The van der Waals surface area contributed by atoms with Crippen molar-refractivity contribution in [2.75, 3.05) is 31.7 Å². The van der Waals surface area contributed by atoms with E-state index in [0.29, 0.717) is 6.54 Å². The second-order valence-corrected chi connectivity index (χ2v) is 7.51. The van der Waals surface area contributed by atoms with Crippen LogP contribution < -0.4 is 22.5 Å². The Hall–Kier alpha value is -3.51. The minimum absolute atomic E-state index is 0.0422. The lowest BCUT2D eigenvalue weighted by Gasteiger charge is -2.30. The molecule has 0 aliphatic carbocycles. The first-order valence-corrected chi connectivity index (χ1v) is 10.1. The molecule has 1 amide bonds. The Morgan fingerprint density at radius 2 is 2.00 bits per heavy atom. The summed E-state index contributed by atoms with van der Waals surface area (Å²) in [6.45, 7) is 2.22. The number of nitrogen functional groups attached to an aromatic ring is 2. The SMILES string of the molecule is COC(=O)c1cc(CN2CCC(N=C(N)NC(=O)c3nc(Cl)c(N)nc3N)CC2)ccn1. The zero-order valence-corrected chi connectivity index (χ0v) is 18.2. The quantitative estimate of drug-likeness (QED) is 0.271. The summed E-state index contributed by atoms with van der Waals surface area (Å²) in [5.41, 5.74) is 18.1. The lowest BCUT2D eigenvalue weighted by molar-refractivity contribution is 0.0593. The van der Waals surface area contributed by atoms with Crippen molar-refractivity contribution in [3.63, 3.8) is 0 Å². The van der Waals surface area contributed by atoms with E-state index in [9.17, 15) is 9.59 Å². The number of ether oxygens (including phenoxy) is 1. The zero-order valence-electron chi connectivity index (χ0n) is 17.4. The number of guanidine groups is 1. The zero-order chi connectivity index (χ0) is 23.3. The molecule has 12 nitrogen and oxygen atoms in total. The van der Waals surface area contributed by atoms with E-state index in [0.717, 1.165) is 31.5 Å². The molecule has 32 heavy (non-hydrogen) atoms. The Balaban J connectivity index is 1.53. The van der Waals surface area contributed by atoms with Gasteiger partial charge in [-0.2, -0.15) is 0 Å². The van der Waals surface area contributed by atoms with Gasteiger partial charge in [0.15, 0.2) is 28.4 Å². The number of carbonyl (C=O) groups is 2. The smallest absolute Gasteiger partial charge is 0.356 e. The van der Waals surface area contributed by atoms with Crippen LogP contribution in [-0.2, 0) is 11.3 Å². The minimum Gasteiger partial charge on any atom is -0.464 e. The van der Waals surface area contributed by atoms with Crippen LogP contribution in [0.15, 0.2) is 23.3 Å². The maximum Gasteiger partial charge on any atom is 0.356 e. The number of rotatable bonds is 5. The number of nitrogens with one attached hydrogen (secondary N) is 1. The number of likely N-dealkylation sites (tertiary alicyclic amines) is 1. The fraction of sp³-hybridized carbons (Fsp3) is 0.368. The van der Waals surface area contributed by atoms with E-state index in [1.807, 2.05) is 6.07 Å². The van der Waals surface area contributed by atoms with E-state index in [-0.39, 0.29) is 40.2 Å². The lowest BCUT2D eigenvalue weighted by Crippen LogP contribution is -2.40. The number of pyridine rings is 1. The summed E-state index contributed by atoms with van der Waals surface area (Å²) in [6, 6.07) is 3.54. The van der Waals surface area contributed by atoms with Gasteiger partial charge in [0.05, 0.1) is 13.2 Å². The topological polar surface area (TPSA) is 188 Å². The minimum atomic E-state index is -0.672. The van der Waals surface area contributed by atoms with Crippen molar-refractivity contribution < 1.29 is 14.3 Å². The predicted octanol–water partition coefficient (Wildman–Crippen LogP) is 0.185. The first-order valence-electron chi connectivity index (χ1n) is 9.75. The number of aliphatic imine (C=N–C) groups is 1. The molecule has 0 unspecified atom stereocenters. The third-order valence-corrected chi connectivity index (χ3v) is 5.14. The van der Waals surface area contributed by atoms with Crippen LogP contribution in [0.4, 0.5) is 11.6 Å². The average molecular weight is 462 g/mol. The van der Waals surface area contributed by atoms with Gasteiger partial charge in [-0.15, -0.1) is 0 Å². The predicted molar refractivity (Wildman–Crippen MR) is 119 cm³/mol. The van der Waals surface area contributed by atoms with Gasteiger partial charge in [-0.3, -0.25) is 15.0 Å². The normalized spacial score (nSPS) is 15.4. The van der Waals surface area contributed by atoms with E-state index in [4.69, 9.17) is 33.5 Å². The van der Waals surface area contributed by atoms with Crippen molar-refractivity contribution in [2.24, 2.45) is 10.7 Å². The molecule has 2 aromatic heterocycles. The second-order valence-electron chi connectivity index (χ2n) is 7.15. The molecule has 0 bridgehead atoms. The van der Waals surface area contributed by atoms with Crippen molar-refractivity contribution in [2.45, 2.75) is 25.4 Å². The van der Waals surface area contributed by atoms with E-state index in [2.05, 4.69) is 30.2 Å². The number of nitrogens with two attached hydrogens (primary N) is 3. The molecular weight excluding hydrogens is 438 g/mol. The van der Waals surface area contributed by atoms with Gasteiger partial charge in [-0.25, -0.2) is 24.7 Å². The molecule has 3 rings (SSSR count). The highest BCUT2D eigenvalue weighted by atomic mass is 35.5. The molecule has 7 N–H and O–H groups in total. The largest absolute Gasteiger partial charge is 0.464 e. The maximum absolute atomic E-state index is 12.3. The Morgan fingerprint density at radius 3 is 2.69 bits per heavy atom. The first kappa shape index (κ1) is 23.2. The van der Waals surface area contributed by atoms with Gasteiger partial charge in [-0.05, 0) is 30.5 Å². The highest BCUT2D eigenvalue weighted by Crippen LogP contribution is 2.18. The number of aromatic nitrogens is 3. The molecule has 0 radical (unpaired) electrons. The molecule has 0 spiro atoms. The summed E-state index contributed by atoms with van der Waals surface area (Å²) in [5.74, 6) is -1.40. The van der Waals surface area contributed by atoms with Gasteiger partial charge in [0.1, 0.15) is 5.69 Å². The van der Waals surface area contributed by atoms with E-state index >= 15 is 0 Å². The fourth-order valence-electron chi connectivity index (χ4n) is 3.27. The Bertz CT molecular complexity index is 1040. The lowest BCUT2D eigenvalue weighted by atomic mass is 10.0. The van der Waals surface area contributed by atoms with Gasteiger partial charge < -0.3 is 21.9 Å². The third-order valence-electron chi connectivity index (χ3n) is 4.87. The number of hydrogen-bond acceptors (Lipinski definition) is 10. The molecule has 13 heteroatoms. The van der Waals surface area contributed by atoms with Crippen LogP contribution in [-0.4, -0.2) is 63.9 Å². The number of hydrogen-bond donors (Lipinski definition) is 4. The van der Waals surface area contributed by atoms with Gasteiger partial charge in [0, 0.05) is 25.8 Å². The molecule has 2 aromatic rings. The van der Waals surface area contributed by atoms with Crippen LogP contribution >= 0.6 is 11.6 Å². The van der Waals surface area contributed by atoms with Crippen LogP contribution in [0.25, 0.3) is 0 Å². The maximum atomic E-state index is 12.3. The van der Waals surface area contributed by atoms with Crippen LogP contribution in [0.3, 0.4) is 0 Å². The summed E-state index contributed by atoms with van der Waals surface area (Å²) >= 11 is 5.80. The van der Waals surface area contributed by atoms with Crippen molar-refractivity contribution in [1.82, 2.24) is 25.2 Å². The van der Waals surface area contributed by atoms with Gasteiger partial charge in [-0.1, -0.05) is 11.6 Å². The monoisotopic (exact) mass is 461 g/mol. The van der Waals surface area contributed by atoms with Gasteiger partial charge >= 0.3 is 5.97 Å². The van der Waals surface area contributed by atoms with Crippen molar-refractivity contribution in [3.05, 3.63) is 40.4 Å².